The van der Waals surface area contributed by atoms with Gasteiger partial charge in [-0.3, -0.25) is 0 Å². The van der Waals surface area contributed by atoms with Gasteiger partial charge in [0.1, 0.15) is 0 Å². The van der Waals surface area contributed by atoms with Crippen molar-refractivity contribution < 1.29 is 4.74 Å². The van der Waals surface area contributed by atoms with Crippen LogP contribution in [0.5, 0.6) is 0 Å². The number of ether oxygens (including phenoxy) is 1. The summed E-state index contributed by atoms with van der Waals surface area (Å²) in [7, 11) is 0. The molecule has 0 radical (unpaired) electrons. The van der Waals surface area contributed by atoms with Crippen LogP contribution in [-0.4, -0.2) is 6.10 Å². The molecule has 1 heteroatoms. The molecule has 0 amide bonds. The van der Waals surface area contributed by atoms with Gasteiger partial charge in [-0.15, -0.1) is 0 Å². The Morgan fingerprint density at radius 3 is 2.43 bits per heavy atom. The maximum absolute atomic E-state index is 5.85. The van der Waals surface area contributed by atoms with Crippen molar-refractivity contribution >= 4 is 0 Å². The molecule has 0 atom stereocenters. The highest BCUT2D eigenvalue weighted by Crippen LogP contribution is 2.26. The van der Waals surface area contributed by atoms with Crippen molar-refractivity contribution in [3.05, 3.63) is 24.0 Å². The van der Waals surface area contributed by atoms with Crippen molar-refractivity contribution in [3.8, 4) is 0 Å². The van der Waals surface area contributed by atoms with Crippen LogP contribution in [0.25, 0.3) is 0 Å². The predicted molar refractivity (Wildman–Crippen MR) is 61.1 cm³/mol. The van der Waals surface area contributed by atoms with E-state index < -0.39 is 0 Å². The highest BCUT2D eigenvalue weighted by molar-refractivity contribution is 5.05. The molecule has 1 aliphatic carbocycles. The summed E-state index contributed by atoms with van der Waals surface area (Å²) in [5.74, 6) is 1.94. The Balaban J connectivity index is 2.30. The number of allylic oxidation sites excluding steroid dienone is 4. The average Bonchev–Trinajstić information content (AvgIpc) is 2.18. The van der Waals surface area contributed by atoms with E-state index in [1.54, 1.807) is 0 Å². The maximum Gasteiger partial charge on any atom is 0.0982 e. The second-order valence-corrected chi connectivity index (χ2v) is 4.30. The molecule has 1 nitrogen and oxygen atoms in total. The summed E-state index contributed by atoms with van der Waals surface area (Å²) in [6, 6.07) is 0. The molecule has 0 N–H and O–H groups in total. The topological polar surface area (TPSA) is 9.23 Å². The Kier molecular flexibility index (Phi) is 4.78. The first-order valence-corrected chi connectivity index (χ1v) is 5.68. The average molecular weight is 194 g/mol. The van der Waals surface area contributed by atoms with E-state index in [4.69, 9.17) is 4.74 Å². The van der Waals surface area contributed by atoms with Gasteiger partial charge in [0.05, 0.1) is 11.9 Å². The van der Waals surface area contributed by atoms with Gasteiger partial charge in [0, 0.05) is 0 Å². The van der Waals surface area contributed by atoms with E-state index in [1.807, 2.05) is 32.1 Å². The molecule has 0 aromatic heterocycles. The predicted octanol–water partition coefficient (Wildman–Crippen LogP) is 4.06. The van der Waals surface area contributed by atoms with Gasteiger partial charge in [-0.25, -0.2) is 0 Å². The minimum atomic E-state index is 0.465. The molecule has 0 spiro atoms. The maximum atomic E-state index is 5.85. The van der Waals surface area contributed by atoms with E-state index in [2.05, 4.69) is 6.92 Å². The molecule has 0 bridgehead atoms. The summed E-state index contributed by atoms with van der Waals surface area (Å²) in [5.41, 5.74) is 0. The minimum absolute atomic E-state index is 0.465. The van der Waals surface area contributed by atoms with Crippen molar-refractivity contribution in [1.29, 1.82) is 0 Å². The van der Waals surface area contributed by atoms with E-state index in [0.717, 1.165) is 11.7 Å². The van der Waals surface area contributed by atoms with Crippen LogP contribution in [-0.2, 0) is 4.74 Å². The lowest BCUT2D eigenvalue weighted by molar-refractivity contribution is 0.0712. The quantitative estimate of drug-likeness (QED) is 0.486. The lowest BCUT2D eigenvalue weighted by Crippen LogP contribution is -2.19. The first-order chi connectivity index (χ1) is 6.72. The van der Waals surface area contributed by atoms with Crippen LogP contribution in [0.4, 0.5) is 0 Å². The van der Waals surface area contributed by atoms with Gasteiger partial charge >= 0.3 is 0 Å². The molecule has 0 unspecified atom stereocenters. The molecule has 80 valence electrons. The summed E-state index contributed by atoms with van der Waals surface area (Å²) in [6.07, 6.45) is 11.6. The minimum Gasteiger partial charge on any atom is -0.495 e. The summed E-state index contributed by atoms with van der Waals surface area (Å²) in [5, 5.41) is 0. The van der Waals surface area contributed by atoms with Crippen molar-refractivity contribution in [3.63, 3.8) is 0 Å². The van der Waals surface area contributed by atoms with Crippen LogP contribution in [0.3, 0.4) is 0 Å². The lowest BCUT2D eigenvalue weighted by atomic mass is 9.89. The molecular weight excluding hydrogens is 172 g/mol. The zero-order valence-corrected chi connectivity index (χ0v) is 9.62. The highest BCUT2D eigenvalue weighted by atomic mass is 16.5. The van der Waals surface area contributed by atoms with E-state index in [-0.39, 0.29) is 0 Å². The van der Waals surface area contributed by atoms with Crippen LogP contribution in [0, 0.1) is 5.92 Å². The normalized spacial score (nSPS) is 29.5. The van der Waals surface area contributed by atoms with Gasteiger partial charge in [-0.2, -0.15) is 0 Å². The Morgan fingerprint density at radius 2 is 1.86 bits per heavy atom. The Labute approximate surface area is 87.8 Å². The monoisotopic (exact) mass is 194 g/mol. The summed E-state index contributed by atoms with van der Waals surface area (Å²) >= 11 is 0. The van der Waals surface area contributed by atoms with Crippen molar-refractivity contribution in [2.45, 2.75) is 52.6 Å². The number of hydrogen-bond donors (Lipinski definition) is 0. The van der Waals surface area contributed by atoms with Crippen LogP contribution >= 0.6 is 0 Å². The van der Waals surface area contributed by atoms with Crippen molar-refractivity contribution in [1.82, 2.24) is 0 Å². The summed E-state index contributed by atoms with van der Waals surface area (Å²) < 4.78 is 5.85. The largest absolute Gasteiger partial charge is 0.495 e. The third kappa shape index (κ3) is 3.99. The fourth-order valence-electron chi connectivity index (χ4n) is 1.88. The lowest BCUT2D eigenvalue weighted by Gasteiger charge is -2.27. The van der Waals surface area contributed by atoms with Gasteiger partial charge in [-0.1, -0.05) is 19.1 Å². The molecular formula is C13H22O. The molecule has 0 heterocycles. The first-order valence-electron chi connectivity index (χ1n) is 5.68. The first kappa shape index (κ1) is 11.4. The van der Waals surface area contributed by atoms with E-state index >= 15 is 0 Å². The van der Waals surface area contributed by atoms with E-state index in [0.29, 0.717) is 6.10 Å². The van der Waals surface area contributed by atoms with Crippen molar-refractivity contribution in [2.24, 2.45) is 5.92 Å². The zero-order valence-electron chi connectivity index (χ0n) is 9.62. The van der Waals surface area contributed by atoms with Crippen LogP contribution in [0.2, 0.25) is 0 Å². The van der Waals surface area contributed by atoms with Crippen LogP contribution in [0.1, 0.15) is 46.5 Å². The van der Waals surface area contributed by atoms with Gasteiger partial charge < -0.3 is 4.74 Å². The number of rotatable bonds is 3. The standard InChI is InChI=1S/C13H22O/c1-4-5-6-12(3)14-13-9-7-11(2)8-10-13/h4-6,11,13H,7-10H2,1-3H3/b5-4-,12-6+/t11-,13+. The second-order valence-electron chi connectivity index (χ2n) is 4.30. The summed E-state index contributed by atoms with van der Waals surface area (Å²) in [4.78, 5) is 0. The second kappa shape index (κ2) is 5.90. The third-order valence-corrected chi connectivity index (χ3v) is 2.84. The van der Waals surface area contributed by atoms with Gasteiger partial charge in [0.15, 0.2) is 0 Å². The third-order valence-electron chi connectivity index (χ3n) is 2.84. The SMILES string of the molecule is C/C=C\C=C(/C)O[C@H]1CC[C@@H](C)CC1. The highest BCUT2D eigenvalue weighted by Gasteiger charge is 2.18. The Bertz CT molecular complexity index is 207. The fraction of sp³-hybridized carbons (Fsp3) is 0.692. The van der Waals surface area contributed by atoms with E-state index in [1.165, 1.54) is 25.7 Å². The Morgan fingerprint density at radius 1 is 1.21 bits per heavy atom. The molecule has 0 aromatic carbocycles. The van der Waals surface area contributed by atoms with Gasteiger partial charge in [-0.05, 0) is 51.5 Å². The molecule has 1 rings (SSSR count). The molecule has 0 saturated heterocycles. The van der Waals surface area contributed by atoms with E-state index in [9.17, 15) is 0 Å². The van der Waals surface area contributed by atoms with Gasteiger partial charge in [0.25, 0.3) is 0 Å². The molecule has 0 aromatic rings. The van der Waals surface area contributed by atoms with Crippen LogP contribution < -0.4 is 0 Å². The molecule has 1 fully saturated rings. The Hall–Kier alpha value is -0.720. The smallest absolute Gasteiger partial charge is 0.0982 e. The zero-order chi connectivity index (χ0) is 10.4. The number of hydrogen-bond acceptors (Lipinski definition) is 1. The van der Waals surface area contributed by atoms with Crippen molar-refractivity contribution in [2.75, 3.05) is 0 Å². The van der Waals surface area contributed by atoms with Gasteiger partial charge in [0.2, 0.25) is 0 Å². The molecule has 0 aliphatic heterocycles. The molecule has 1 aliphatic rings. The van der Waals surface area contributed by atoms with Crippen LogP contribution in [0.15, 0.2) is 24.0 Å². The molecule has 14 heavy (non-hydrogen) atoms. The fourth-order valence-corrected chi connectivity index (χ4v) is 1.88. The summed E-state index contributed by atoms with van der Waals surface area (Å²) in [6.45, 7) is 6.39. The molecule has 1 saturated carbocycles.